The Morgan fingerprint density at radius 1 is 1.11 bits per heavy atom. The van der Waals surface area contributed by atoms with E-state index in [0.717, 1.165) is 5.56 Å². The molecule has 0 radical (unpaired) electrons. The molecule has 3 aromatic rings. The van der Waals surface area contributed by atoms with Crippen LogP contribution in [0.1, 0.15) is 25.0 Å². The topological polar surface area (TPSA) is 159 Å². The van der Waals surface area contributed by atoms with Gasteiger partial charge in [0.05, 0.1) is 12.9 Å². The summed E-state index contributed by atoms with van der Waals surface area (Å²) in [6.45, 7) is 1.81. The maximum absolute atomic E-state index is 12.0. The Balaban J connectivity index is 1.43. The summed E-state index contributed by atoms with van der Waals surface area (Å²) in [4.78, 5) is 35.7. The molecule has 2 aliphatic heterocycles. The van der Waals surface area contributed by atoms with Crippen LogP contribution in [0, 0.1) is 0 Å². The van der Waals surface area contributed by atoms with E-state index in [4.69, 9.17) is 24.1 Å². The molecular weight excluding hydrogens is 460 g/mol. The zero-order chi connectivity index (χ0) is 24.4. The summed E-state index contributed by atoms with van der Waals surface area (Å²) in [7, 11) is 0. The monoisotopic (exact) mass is 484 g/mol. The van der Waals surface area contributed by atoms with Crippen LogP contribution in [-0.2, 0) is 23.7 Å². The third-order valence-electron chi connectivity index (χ3n) is 5.63. The largest absolute Gasteiger partial charge is 0.480 e. The van der Waals surface area contributed by atoms with Gasteiger partial charge in [-0.3, -0.25) is 9.88 Å². The number of hydrogen-bond acceptors (Lipinski definition) is 9. The summed E-state index contributed by atoms with van der Waals surface area (Å²) in [6.07, 6.45) is -0.129. The van der Waals surface area contributed by atoms with Gasteiger partial charge in [0.25, 0.3) is 0 Å². The van der Waals surface area contributed by atoms with Crippen LogP contribution in [0.5, 0.6) is 0 Å². The van der Waals surface area contributed by atoms with E-state index in [2.05, 4.69) is 25.6 Å². The van der Waals surface area contributed by atoms with E-state index in [9.17, 15) is 9.59 Å². The van der Waals surface area contributed by atoms with Crippen LogP contribution in [-0.4, -0.2) is 74.7 Å². The number of ether oxygens (including phenoxy) is 4. The molecule has 13 nitrogen and oxygen atoms in total. The standard InChI is InChI=1S/C22H24N6O7/c1-2-23-22(31)27-18-15-19(25-10-24-18)28(11-26-15)20-17-16(13(33-20)8-32-9-14(29)30)34-21(35-17)12-6-4-3-5-7-12/h3-7,10-11,13,16-17,20-21H,2,8-9H2,1H3,(H,29,30)(H2,23,24,25,27,31)/t13?,16?,17?,20?,21-/m0/s1. The summed E-state index contributed by atoms with van der Waals surface area (Å²) < 4.78 is 25.6. The molecule has 0 spiro atoms. The molecule has 1 aromatic carbocycles. The van der Waals surface area contributed by atoms with E-state index >= 15 is 0 Å². The minimum atomic E-state index is -1.08. The van der Waals surface area contributed by atoms with Crippen LogP contribution in [0.4, 0.5) is 10.6 Å². The fourth-order valence-electron chi connectivity index (χ4n) is 4.16. The van der Waals surface area contributed by atoms with Crippen LogP contribution in [0.3, 0.4) is 0 Å². The highest BCUT2D eigenvalue weighted by Gasteiger charge is 2.54. The molecular formula is C22H24N6O7. The Morgan fingerprint density at radius 2 is 1.91 bits per heavy atom. The van der Waals surface area contributed by atoms with Gasteiger partial charge in [-0.25, -0.2) is 24.5 Å². The van der Waals surface area contributed by atoms with Gasteiger partial charge in [0, 0.05) is 12.1 Å². The van der Waals surface area contributed by atoms with E-state index in [0.29, 0.717) is 17.7 Å². The third kappa shape index (κ3) is 4.66. The second-order valence-corrected chi connectivity index (χ2v) is 7.95. The van der Waals surface area contributed by atoms with Crippen molar-refractivity contribution in [2.45, 2.75) is 37.8 Å². The fourth-order valence-corrected chi connectivity index (χ4v) is 4.16. The van der Waals surface area contributed by atoms with E-state index in [-0.39, 0.29) is 12.4 Å². The number of nitrogens with one attached hydrogen (secondary N) is 2. The second-order valence-electron chi connectivity index (χ2n) is 7.95. The van der Waals surface area contributed by atoms with Gasteiger partial charge in [-0.15, -0.1) is 0 Å². The van der Waals surface area contributed by atoms with Crippen molar-refractivity contribution in [3.63, 3.8) is 0 Å². The zero-order valence-corrected chi connectivity index (χ0v) is 18.7. The van der Waals surface area contributed by atoms with Gasteiger partial charge in [0.15, 0.2) is 29.5 Å². The number of carboxylic acid groups (broad SMARTS) is 1. The van der Waals surface area contributed by atoms with Gasteiger partial charge in [-0.2, -0.15) is 0 Å². The number of hydrogen-bond donors (Lipinski definition) is 3. The van der Waals surface area contributed by atoms with Crippen molar-refractivity contribution in [3.05, 3.63) is 48.5 Å². The Hall–Kier alpha value is -3.65. The Morgan fingerprint density at radius 3 is 2.69 bits per heavy atom. The lowest BCUT2D eigenvalue weighted by Gasteiger charge is -2.21. The van der Waals surface area contributed by atoms with Crippen molar-refractivity contribution in [2.75, 3.05) is 25.1 Å². The highest BCUT2D eigenvalue weighted by Crippen LogP contribution is 2.44. The molecule has 5 atom stereocenters. The Kier molecular flexibility index (Phi) is 6.55. The predicted molar refractivity (Wildman–Crippen MR) is 119 cm³/mol. The summed E-state index contributed by atoms with van der Waals surface area (Å²) in [5.41, 5.74) is 1.65. The van der Waals surface area contributed by atoms with Crippen LogP contribution < -0.4 is 10.6 Å². The first kappa shape index (κ1) is 23.1. The average Bonchev–Trinajstić information content (AvgIpc) is 3.54. The van der Waals surface area contributed by atoms with Gasteiger partial charge in [0.2, 0.25) is 0 Å². The van der Waals surface area contributed by atoms with E-state index in [1.807, 2.05) is 30.3 Å². The van der Waals surface area contributed by atoms with Crippen LogP contribution in [0.15, 0.2) is 43.0 Å². The molecule has 2 saturated heterocycles. The van der Waals surface area contributed by atoms with Gasteiger partial charge in [0.1, 0.15) is 31.2 Å². The minimum absolute atomic E-state index is 0.000441. The van der Waals surface area contributed by atoms with Gasteiger partial charge in [-0.1, -0.05) is 30.3 Å². The molecule has 3 N–H and O–H groups in total. The van der Waals surface area contributed by atoms with E-state index < -0.39 is 49.4 Å². The zero-order valence-electron chi connectivity index (χ0n) is 18.7. The number of aliphatic carboxylic acids is 1. The lowest BCUT2D eigenvalue weighted by atomic mass is 10.1. The lowest BCUT2D eigenvalue weighted by Crippen LogP contribution is -2.32. The van der Waals surface area contributed by atoms with Crippen LogP contribution in [0.25, 0.3) is 11.2 Å². The Labute approximate surface area is 199 Å². The number of imidazole rings is 1. The number of amides is 2. The van der Waals surface area contributed by atoms with Crippen molar-refractivity contribution in [1.29, 1.82) is 0 Å². The maximum atomic E-state index is 12.0. The van der Waals surface area contributed by atoms with Crippen molar-refractivity contribution < 1.29 is 33.6 Å². The third-order valence-corrected chi connectivity index (χ3v) is 5.63. The van der Waals surface area contributed by atoms with Crippen LogP contribution in [0.2, 0.25) is 0 Å². The molecule has 4 heterocycles. The molecule has 2 amide bonds. The molecule has 184 valence electrons. The molecule has 5 rings (SSSR count). The van der Waals surface area contributed by atoms with Gasteiger partial charge in [-0.05, 0) is 6.92 Å². The molecule has 13 heteroatoms. The number of carboxylic acids is 1. The molecule has 0 aliphatic carbocycles. The van der Waals surface area contributed by atoms with Crippen LogP contribution >= 0.6 is 0 Å². The summed E-state index contributed by atoms with van der Waals surface area (Å²) >= 11 is 0. The number of nitrogens with zero attached hydrogens (tertiary/aromatic N) is 4. The summed E-state index contributed by atoms with van der Waals surface area (Å²) in [6, 6.07) is 9.07. The number of carbonyl (C=O) groups excluding carboxylic acids is 1. The van der Waals surface area contributed by atoms with Gasteiger partial charge < -0.3 is 29.4 Å². The quantitative estimate of drug-likeness (QED) is 0.427. The number of fused-ring (bicyclic) bond motifs is 2. The molecule has 2 aromatic heterocycles. The summed E-state index contributed by atoms with van der Waals surface area (Å²) in [5, 5.41) is 14.2. The molecule has 2 fully saturated rings. The van der Waals surface area contributed by atoms with E-state index in [1.165, 1.54) is 12.7 Å². The lowest BCUT2D eigenvalue weighted by molar-refractivity contribution is -0.161. The first-order chi connectivity index (χ1) is 17.0. The number of urea groups is 1. The molecule has 4 unspecified atom stereocenters. The van der Waals surface area contributed by atoms with Gasteiger partial charge >= 0.3 is 12.0 Å². The molecule has 35 heavy (non-hydrogen) atoms. The number of carbonyl (C=O) groups is 2. The first-order valence-electron chi connectivity index (χ1n) is 11.1. The summed E-state index contributed by atoms with van der Waals surface area (Å²) in [5.74, 6) is -0.826. The number of rotatable bonds is 8. The van der Waals surface area contributed by atoms with Crippen molar-refractivity contribution >= 4 is 29.0 Å². The SMILES string of the molecule is CCNC(=O)Nc1ncnc2c1ncn2C1OC(COCC(=O)O)C2O[C@H](c3ccccc3)OC21. The predicted octanol–water partition coefficient (Wildman–Crippen LogP) is 1.45. The molecule has 0 saturated carbocycles. The second kappa shape index (κ2) is 9.92. The van der Waals surface area contributed by atoms with Crippen molar-refractivity contribution in [2.24, 2.45) is 0 Å². The smallest absolute Gasteiger partial charge is 0.329 e. The molecule has 2 aliphatic rings. The normalized spacial score (nSPS) is 25.5. The fraction of sp³-hybridized carbons (Fsp3) is 0.409. The first-order valence-corrected chi connectivity index (χ1v) is 11.1. The molecule has 0 bridgehead atoms. The number of aromatic nitrogens is 4. The maximum Gasteiger partial charge on any atom is 0.329 e. The Bertz CT molecular complexity index is 1210. The highest BCUT2D eigenvalue weighted by molar-refractivity contribution is 5.95. The van der Waals surface area contributed by atoms with Crippen molar-refractivity contribution in [1.82, 2.24) is 24.8 Å². The van der Waals surface area contributed by atoms with E-state index in [1.54, 1.807) is 11.5 Å². The van der Waals surface area contributed by atoms with Crippen molar-refractivity contribution in [3.8, 4) is 0 Å². The minimum Gasteiger partial charge on any atom is -0.480 e. The average molecular weight is 484 g/mol. The number of benzene rings is 1. The number of anilines is 1. The highest BCUT2D eigenvalue weighted by atomic mass is 16.8.